The van der Waals surface area contributed by atoms with Gasteiger partial charge in [-0.25, -0.2) is 4.79 Å². The number of rotatable bonds is 4. The first-order valence-electron chi connectivity index (χ1n) is 8.79. The molecule has 22 heavy (non-hydrogen) atoms. The van der Waals surface area contributed by atoms with E-state index in [1.807, 2.05) is 6.92 Å². The molecule has 0 aromatic heterocycles. The maximum absolute atomic E-state index is 12.5. The first-order valence-corrected chi connectivity index (χ1v) is 8.79. The molecule has 0 amide bonds. The third-order valence-electron chi connectivity index (χ3n) is 5.29. The van der Waals surface area contributed by atoms with Gasteiger partial charge >= 0.3 is 5.97 Å². The minimum Gasteiger partial charge on any atom is -0.460 e. The van der Waals surface area contributed by atoms with Crippen LogP contribution in [0, 0.1) is 17.8 Å². The van der Waals surface area contributed by atoms with Crippen LogP contribution in [0.2, 0.25) is 0 Å². The highest BCUT2D eigenvalue weighted by atomic mass is 16.6. The fourth-order valence-corrected chi connectivity index (χ4v) is 3.92. The van der Waals surface area contributed by atoms with Crippen LogP contribution in [-0.4, -0.2) is 37.5 Å². The molecule has 0 N–H and O–H groups in total. The van der Waals surface area contributed by atoms with E-state index in [-0.39, 0.29) is 24.3 Å². The Hall–Kier alpha value is -0.610. The summed E-state index contributed by atoms with van der Waals surface area (Å²) >= 11 is 0. The molecule has 0 radical (unpaired) electrons. The molecule has 2 fully saturated rings. The number of carbonyl (C=O) groups is 1. The number of methoxy groups -OCH3 is 1. The van der Waals surface area contributed by atoms with Gasteiger partial charge < -0.3 is 14.2 Å². The molecule has 1 aliphatic carbocycles. The Morgan fingerprint density at radius 2 is 1.86 bits per heavy atom. The molecule has 1 saturated carbocycles. The zero-order valence-electron chi connectivity index (χ0n) is 14.7. The number of hydrogen-bond acceptors (Lipinski definition) is 4. The molecule has 6 atom stereocenters. The third-order valence-corrected chi connectivity index (χ3v) is 5.29. The maximum Gasteiger partial charge on any atom is 0.335 e. The van der Waals surface area contributed by atoms with Crippen LogP contribution in [0.4, 0.5) is 0 Å². The van der Waals surface area contributed by atoms with E-state index in [0.29, 0.717) is 24.2 Å². The van der Waals surface area contributed by atoms with Gasteiger partial charge in [-0.3, -0.25) is 0 Å². The lowest BCUT2D eigenvalue weighted by Gasteiger charge is -2.38. The minimum absolute atomic E-state index is 0.0399. The Labute approximate surface area is 134 Å². The van der Waals surface area contributed by atoms with Crippen LogP contribution in [0.3, 0.4) is 0 Å². The lowest BCUT2D eigenvalue weighted by molar-refractivity contribution is -0.183. The zero-order chi connectivity index (χ0) is 16.3. The highest BCUT2D eigenvalue weighted by Gasteiger charge is 2.38. The highest BCUT2D eigenvalue weighted by molar-refractivity contribution is 5.75. The molecular weight excluding hydrogens is 280 g/mol. The maximum atomic E-state index is 12.5. The summed E-state index contributed by atoms with van der Waals surface area (Å²) in [5.74, 6) is 1.45. The van der Waals surface area contributed by atoms with Crippen molar-refractivity contribution in [2.24, 2.45) is 17.8 Å². The first kappa shape index (κ1) is 17.7. The molecule has 0 spiro atoms. The van der Waals surface area contributed by atoms with Gasteiger partial charge in [-0.2, -0.15) is 0 Å². The van der Waals surface area contributed by atoms with Crippen LogP contribution in [0.5, 0.6) is 0 Å². The average molecular weight is 312 g/mol. The van der Waals surface area contributed by atoms with Gasteiger partial charge in [0.15, 0.2) is 6.10 Å². The van der Waals surface area contributed by atoms with E-state index < -0.39 is 6.10 Å². The van der Waals surface area contributed by atoms with E-state index in [0.717, 1.165) is 19.3 Å². The smallest absolute Gasteiger partial charge is 0.335 e. The molecule has 0 aromatic rings. The molecule has 4 nitrogen and oxygen atoms in total. The summed E-state index contributed by atoms with van der Waals surface area (Å²) in [6.07, 6.45) is 4.51. The van der Waals surface area contributed by atoms with E-state index in [1.54, 1.807) is 7.11 Å². The van der Waals surface area contributed by atoms with E-state index in [4.69, 9.17) is 14.2 Å². The summed E-state index contributed by atoms with van der Waals surface area (Å²) in [5, 5.41) is 0. The summed E-state index contributed by atoms with van der Waals surface area (Å²) in [7, 11) is 1.70. The van der Waals surface area contributed by atoms with E-state index in [2.05, 4.69) is 20.8 Å². The fraction of sp³-hybridized carbons (Fsp3) is 0.944. The number of carbonyl (C=O) groups excluding carboxylic acids is 1. The van der Waals surface area contributed by atoms with Crippen molar-refractivity contribution in [3.05, 3.63) is 0 Å². The van der Waals surface area contributed by atoms with Gasteiger partial charge in [0.2, 0.25) is 0 Å². The topological polar surface area (TPSA) is 44.8 Å². The zero-order valence-corrected chi connectivity index (χ0v) is 14.7. The quantitative estimate of drug-likeness (QED) is 0.744. The van der Waals surface area contributed by atoms with Gasteiger partial charge in [-0.1, -0.05) is 27.2 Å². The van der Waals surface area contributed by atoms with Crippen molar-refractivity contribution in [1.29, 1.82) is 0 Å². The molecule has 0 bridgehead atoms. The van der Waals surface area contributed by atoms with Crippen LogP contribution in [-0.2, 0) is 19.0 Å². The molecule has 1 heterocycles. The van der Waals surface area contributed by atoms with Gasteiger partial charge in [0.1, 0.15) is 6.10 Å². The second-order valence-corrected chi connectivity index (χ2v) is 7.57. The van der Waals surface area contributed by atoms with Crippen molar-refractivity contribution < 1.29 is 19.0 Å². The third kappa shape index (κ3) is 4.45. The summed E-state index contributed by atoms with van der Waals surface area (Å²) in [6.45, 7) is 8.69. The molecule has 1 saturated heterocycles. The van der Waals surface area contributed by atoms with Crippen molar-refractivity contribution in [2.45, 2.75) is 84.2 Å². The van der Waals surface area contributed by atoms with Crippen LogP contribution in [0.15, 0.2) is 0 Å². The molecule has 0 aromatic carbocycles. The van der Waals surface area contributed by atoms with Crippen molar-refractivity contribution >= 4 is 5.97 Å². The van der Waals surface area contributed by atoms with Crippen LogP contribution >= 0.6 is 0 Å². The van der Waals surface area contributed by atoms with Gasteiger partial charge in [0, 0.05) is 13.5 Å². The molecular formula is C18H32O4. The number of ether oxygens (including phenoxy) is 3. The molecule has 2 aliphatic rings. The molecule has 2 rings (SSSR count). The summed E-state index contributed by atoms with van der Waals surface area (Å²) in [6, 6.07) is 0. The number of esters is 1. The predicted molar refractivity (Wildman–Crippen MR) is 85.6 cm³/mol. The van der Waals surface area contributed by atoms with E-state index in [1.165, 1.54) is 6.42 Å². The van der Waals surface area contributed by atoms with Crippen molar-refractivity contribution in [2.75, 3.05) is 7.11 Å². The molecule has 1 aliphatic heterocycles. The summed E-state index contributed by atoms with van der Waals surface area (Å²) in [5.41, 5.74) is 0. The molecule has 128 valence electrons. The lowest BCUT2D eigenvalue weighted by Crippen LogP contribution is -2.44. The predicted octanol–water partition coefficient (Wildman–Crippen LogP) is 3.57. The van der Waals surface area contributed by atoms with E-state index >= 15 is 0 Å². The van der Waals surface area contributed by atoms with Crippen LogP contribution in [0.1, 0.15) is 59.8 Å². The monoisotopic (exact) mass is 312 g/mol. The Morgan fingerprint density at radius 1 is 1.14 bits per heavy atom. The van der Waals surface area contributed by atoms with Gasteiger partial charge in [-0.05, 0) is 43.9 Å². The standard InChI is InChI=1S/C18H32O4/c1-11(2)15-7-6-12(3)8-16(15)22-18(19)17-10-14(20-5)9-13(4)21-17/h11-17H,6-10H2,1-5H3/t12-,13+,14-,15+,16-,17-/m1/s1. The molecule has 0 unspecified atom stereocenters. The van der Waals surface area contributed by atoms with Crippen LogP contribution < -0.4 is 0 Å². The van der Waals surface area contributed by atoms with Gasteiger partial charge in [0.25, 0.3) is 0 Å². The fourth-order valence-electron chi connectivity index (χ4n) is 3.92. The Morgan fingerprint density at radius 3 is 2.50 bits per heavy atom. The highest BCUT2D eigenvalue weighted by Crippen LogP contribution is 2.36. The van der Waals surface area contributed by atoms with Gasteiger partial charge in [0.05, 0.1) is 12.2 Å². The minimum atomic E-state index is -0.473. The average Bonchev–Trinajstić information content (AvgIpc) is 2.46. The van der Waals surface area contributed by atoms with Crippen LogP contribution in [0.25, 0.3) is 0 Å². The van der Waals surface area contributed by atoms with Crippen molar-refractivity contribution in [1.82, 2.24) is 0 Å². The summed E-state index contributed by atoms with van der Waals surface area (Å²) in [4.78, 5) is 12.5. The first-order chi connectivity index (χ1) is 10.4. The van der Waals surface area contributed by atoms with E-state index in [9.17, 15) is 4.79 Å². The largest absolute Gasteiger partial charge is 0.460 e. The van der Waals surface area contributed by atoms with Gasteiger partial charge in [-0.15, -0.1) is 0 Å². The summed E-state index contributed by atoms with van der Waals surface area (Å²) < 4.78 is 17.1. The molecule has 4 heteroatoms. The Kier molecular flexibility index (Phi) is 6.27. The lowest BCUT2D eigenvalue weighted by atomic mass is 9.75. The van der Waals surface area contributed by atoms with Crippen molar-refractivity contribution in [3.63, 3.8) is 0 Å². The SMILES string of the molecule is CO[C@@H]1C[C@H](C)O[C@@H](C(=O)O[C@@H]2C[C@H](C)CC[C@H]2C(C)C)C1. The normalized spacial score (nSPS) is 39.7. The Balaban J connectivity index is 1.96. The Bertz CT molecular complexity index is 368. The second-order valence-electron chi connectivity index (χ2n) is 7.57. The second kappa shape index (κ2) is 7.78. The van der Waals surface area contributed by atoms with Crippen molar-refractivity contribution in [3.8, 4) is 0 Å². The number of hydrogen-bond donors (Lipinski definition) is 0.